The van der Waals surface area contributed by atoms with E-state index in [1.54, 1.807) is 0 Å². The van der Waals surface area contributed by atoms with E-state index in [0.717, 1.165) is 18.9 Å². The Bertz CT molecular complexity index is 202. The summed E-state index contributed by atoms with van der Waals surface area (Å²) >= 11 is 0. The smallest absolute Gasteiger partial charge is 0.220 e. The molecule has 1 aliphatic carbocycles. The van der Waals surface area contributed by atoms with Gasteiger partial charge >= 0.3 is 0 Å². The molecule has 2 rings (SSSR count). The van der Waals surface area contributed by atoms with Crippen LogP contribution in [0.15, 0.2) is 0 Å². The molecule has 2 aliphatic rings. The second-order valence-corrected chi connectivity index (χ2v) is 4.31. The lowest BCUT2D eigenvalue weighted by atomic mass is 9.76. The highest BCUT2D eigenvalue weighted by Gasteiger charge is 2.46. The normalized spacial score (nSPS) is 40.8. The van der Waals surface area contributed by atoms with E-state index in [0.29, 0.717) is 5.41 Å². The van der Waals surface area contributed by atoms with Gasteiger partial charge in [-0.2, -0.15) is 0 Å². The summed E-state index contributed by atoms with van der Waals surface area (Å²) < 4.78 is 0. The van der Waals surface area contributed by atoms with Gasteiger partial charge in [-0.05, 0) is 24.2 Å². The largest absolute Gasteiger partial charge is 0.356 e. The van der Waals surface area contributed by atoms with Gasteiger partial charge in [0.05, 0.1) is 0 Å². The van der Waals surface area contributed by atoms with Crippen molar-refractivity contribution in [2.24, 2.45) is 11.3 Å². The molecule has 1 heterocycles. The second-order valence-electron chi connectivity index (χ2n) is 4.31. The Hall–Kier alpha value is -0.530. The highest BCUT2D eigenvalue weighted by atomic mass is 16.1. The van der Waals surface area contributed by atoms with Gasteiger partial charge in [-0.3, -0.25) is 4.79 Å². The molecular weight excluding hydrogens is 150 g/mol. The first kappa shape index (κ1) is 8.09. The van der Waals surface area contributed by atoms with Crippen molar-refractivity contribution in [1.82, 2.24) is 5.32 Å². The Labute approximate surface area is 73.7 Å². The molecule has 1 N–H and O–H groups in total. The minimum absolute atomic E-state index is 0.273. The Morgan fingerprint density at radius 2 is 2.50 bits per heavy atom. The molecule has 0 radical (unpaired) electrons. The number of hydrogen-bond donors (Lipinski definition) is 1. The summed E-state index contributed by atoms with van der Waals surface area (Å²) in [4.78, 5) is 11.2. The fraction of sp³-hybridized carbons (Fsp3) is 0.900. The van der Waals surface area contributed by atoms with Crippen molar-refractivity contribution >= 4 is 5.91 Å². The maximum atomic E-state index is 11.2. The van der Waals surface area contributed by atoms with E-state index in [1.807, 2.05) is 0 Å². The van der Waals surface area contributed by atoms with Gasteiger partial charge in [-0.25, -0.2) is 0 Å². The van der Waals surface area contributed by atoms with Crippen molar-refractivity contribution in [3.8, 4) is 0 Å². The minimum atomic E-state index is 0.273. The summed E-state index contributed by atoms with van der Waals surface area (Å²) in [6.07, 6.45) is 5.98. The lowest BCUT2D eigenvalue weighted by molar-refractivity contribution is -0.119. The van der Waals surface area contributed by atoms with Gasteiger partial charge in [-0.1, -0.05) is 19.8 Å². The summed E-state index contributed by atoms with van der Waals surface area (Å²) in [5.74, 6) is 1.08. The summed E-state index contributed by atoms with van der Waals surface area (Å²) in [7, 11) is 0. The second kappa shape index (κ2) is 2.75. The average Bonchev–Trinajstić information content (AvgIpc) is 2.60. The molecule has 1 amide bonds. The van der Waals surface area contributed by atoms with Crippen LogP contribution in [0, 0.1) is 11.3 Å². The van der Waals surface area contributed by atoms with Gasteiger partial charge in [0.1, 0.15) is 0 Å². The van der Waals surface area contributed by atoms with Crippen LogP contribution in [0.5, 0.6) is 0 Å². The Morgan fingerprint density at radius 3 is 3.08 bits per heavy atom. The fourth-order valence-corrected chi connectivity index (χ4v) is 3.03. The highest BCUT2D eigenvalue weighted by molar-refractivity contribution is 5.79. The summed E-state index contributed by atoms with van der Waals surface area (Å²) in [5, 5.41) is 2.98. The molecule has 2 fully saturated rings. The zero-order valence-electron chi connectivity index (χ0n) is 7.73. The third-order valence-electron chi connectivity index (χ3n) is 3.74. The van der Waals surface area contributed by atoms with Crippen LogP contribution >= 0.6 is 0 Å². The van der Waals surface area contributed by atoms with Crippen LogP contribution in [0.25, 0.3) is 0 Å². The lowest BCUT2D eigenvalue weighted by Crippen LogP contribution is -2.27. The van der Waals surface area contributed by atoms with E-state index < -0.39 is 0 Å². The molecule has 0 aromatic carbocycles. The zero-order chi connectivity index (χ0) is 8.60. The number of amides is 1. The Balaban J connectivity index is 2.14. The van der Waals surface area contributed by atoms with Crippen LogP contribution < -0.4 is 5.32 Å². The van der Waals surface area contributed by atoms with Gasteiger partial charge in [0, 0.05) is 13.0 Å². The van der Waals surface area contributed by atoms with Crippen molar-refractivity contribution < 1.29 is 4.79 Å². The van der Waals surface area contributed by atoms with Crippen molar-refractivity contribution in [3.63, 3.8) is 0 Å². The first-order chi connectivity index (χ1) is 5.77. The van der Waals surface area contributed by atoms with Crippen molar-refractivity contribution in [2.75, 3.05) is 6.54 Å². The summed E-state index contributed by atoms with van der Waals surface area (Å²) in [5.41, 5.74) is 0.367. The molecule has 2 nitrogen and oxygen atoms in total. The molecular formula is C10H17NO. The molecule has 2 atom stereocenters. The number of carbonyl (C=O) groups is 1. The predicted octanol–water partition coefficient (Wildman–Crippen LogP) is 1.70. The first-order valence-corrected chi connectivity index (χ1v) is 5.03. The fourth-order valence-electron chi connectivity index (χ4n) is 3.03. The highest BCUT2D eigenvalue weighted by Crippen LogP contribution is 2.49. The van der Waals surface area contributed by atoms with E-state index in [-0.39, 0.29) is 5.91 Å². The maximum Gasteiger partial charge on any atom is 0.220 e. The number of carbonyl (C=O) groups excluding carboxylic acids is 1. The molecule has 12 heavy (non-hydrogen) atoms. The van der Waals surface area contributed by atoms with Crippen LogP contribution in [-0.4, -0.2) is 12.5 Å². The molecule has 1 saturated carbocycles. The molecule has 68 valence electrons. The molecule has 0 aromatic rings. The van der Waals surface area contributed by atoms with Gasteiger partial charge in [0.2, 0.25) is 5.91 Å². The summed E-state index contributed by atoms with van der Waals surface area (Å²) in [6.45, 7) is 3.20. The topological polar surface area (TPSA) is 29.1 Å². The molecule has 0 bridgehead atoms. The third-order valence-corrected chi connectivity index (χ3v) is 3.74. The average molecular weight is 167 g/mol. The number of hydrogen-bond acceptors (Lipinski definition) is 1. The Morgan fingerprint density at radius 1 is 1.67 bits per heavy atom. The predicted molar refractivity (Wildman–Crippen MR) is 47.7 cm³/mol. The van der Waals surface area contributed by atoms with E-state index in [9.17, 15) is 4.79 Å². The molecule has 2 unspecified atom stereocenters. The third kappa shape index (κ3) is 1.05. The van der Waals surface area contributed by atoms with Crippen molar-refractivity contribution in [3.05, 3.63) is 0 Å². The van der Waals surface area contributed by atoms with E-state index in [4.69, 9.17) is 0 Å². The molecule has 1 spiro atoms. The number of nitrogens with one attached hydrogen (secondary N) is 1. The van der Waals surface area contributed by atoms with Crippen LogP contribution in [0.2, 0.25) is 0 Å². The summed E-state index contributed by atoms with van der Waals surface area (Å²) in [6, 6.07) is 0. The molecule has 1 saturated heterocycles. The van der Waals surface area contributed by atoms with Gasteiger partial charge in [0.15, 0.2) is 0 Å². The first-order valence-electron chi connectivity index (χ1n) is 5.03. The van der Waals surface area contributed by atoms with Crippen LogP contribution in [0.1, 0.15) is 39.0 Å². The minimum Gasteiger partial charge on any atom is -0.356 e. The van der Waals surface area contributed by atoms with Gasteiger partial charge in [-0.15, -0.1) is 0 Å². The van der Waals surface area contributed by atoms with Crippen LogP contribution in [0.4, 0.5) is 0 Å². The van der Waals surface area contributed by atoms with Gasteiger partial charge in [0.25, 0.3) is 0 Å². The Kier molecular flexibility index (Phi) is 1.85. The van der Waals surface area contributed by atoms with E-state index in [1.165, 1.54) is 25.7 Å². The van der Waals surface area contributed by atoms with E-state index in [2.05, 4.69) is 12.2 Å². The molecule has 2 heteroatoms. The SMILES string of the molecule is CCC1CCCC12CNC(=O)C2. The molecule has 1 aliphatic heterocycles. The maximum absolute atomic E-state index is 11.2. The lowest BCUT2D eigenvalue weighted by Gasteiger charge is -2.28. The van der Waals surface area contributed by atoms with Crippen LogP contribution in [-0.2, 0) is 4.79 Å². The zero-order valence-corrected chi connectivity index (χ0v) is 7.73. The monoisotopic (exact) mass is 167 g/mol. The van der Waals surface area contributed by atoms with Crippen LogP contribution in [0.3, 0.4) is 0 Å². The molecule has 0 aromatic heterocycles. The van der Waals surface area contributed by atoms with Gasteiger partial charge < -0.3 is 5.32 Å². The quantitative estimate of drug-likeness (QED) is 0.632. The standard InChI is InChI=1S/C10H17NO/c1-2-8-4-3-5-10(8)6-9(12)11-7-10/h8H,2-7H2,1H3,(H,11,12). The van der Waals surface area contributed by atoms with Crippen molar-refractivity contribution in [1.29, 1.82) is 0 Å². The van der Waals surface area contributed by atoms with Crippen molar-refractivity contribution in [2.45, 2.75) is 39.0 Å². The van der Waals surface area contributed by atoms with E-state index >= 15 is 0 Å². The number of rotatable bonds is 1.